The molecule has 1 aliphatic heterocycles. The number of carbonyl (C=O) groups is 1. The van der Waals surface area contributed by atoms with Gasteiger partial charge in [-0.3, -0.25) is 4.79 Å². The van der Waals surface area contributed by atoms with Crippen LogP contribution in [0.15, 0.2) is 0 Å². The molecule has 0 aromatic heterocycles. The lowest BCUT2D eigenvalue weighted by Gasteiger charge is -2.34. The molecule has 1 amide bonds. The molecule has 5 nitrogen and oxygen atoms in total. The van der Waals surface area contributed by atoms with Gasteiger partial charge in [0, 0.05) is 26.2 Å². The normalized spacial score (nSPS) is 24.8. The molecule has 0 aliphatic carbocycles. The predicted molar refractivity (Wildman–Crippen MR) is 51.8 cm³/mol. The van der Waals surface area contributed by atoms with Crippen molar-refractivity contribution in [3.8, 4) is 0 Å². The van der Waals surface area contributed by atoms with Crippen molar-refractivity contribution in [3.63, 3.8) is 0 Å². The molecule has 2 unspecified atom stereocenters. The molecular weight excluding hydrogens is 184 g/mol. The van der Waals surface area contributed by atoms with Gasteiger partial charge in [-0.2, -0.15) is 0 Å². The van der Waals surface area contributed by atoms with Crippen molar-refractivity contribution in [1.29, 1.82) is 0 Å². The zero-order chi connectivity index (χ0) is 10.6. The van der Waals surface area contributed by atoms with Gasteiger partial charge in [0.2, 0.25) is 5.91 Å². The van der Waals surface area contributed by atoms with Gasteiger partial charge in [-0.05, 0) is 6.92 Å². The molecule has 0 radical (unpaired) electrons. The summed E-state index contributed by atoms with van der Waals surface area (Å²) in [7, 11) is 1.52. The molecule has 0 spiro atoms. The molecule has 5 heteroatoms. The highest BCUT2D eigenvalue weighted by molar-refractivity contribution is 5.77. The Balaban J connectivity index is 2.43. The average molecular weight is 202 g/mol. The molecule has 2 N–H and O–H groups in total. The van der Waals surface area contributed by atoms with E-state index in [0.29, 0.717) is 19.7 Å². The van der Waals surface area contributed by atoms with E-state index in [9.17, 15) is 4.79 Å². The Labute approximate surface area is 84.1 Å². The van der Waals surface area contributed by atoms with Crippen LogP contribution in [-0.4, -0.2) is 56.4 Å². The van der Waals surface area contributed by atoms with Crippen molar-refractivity contribution in [2.24, 2.45) is 5.73 Å². The summed E-state index contributed by atoms with van der Waals surface area (Å²) in [5.74, 6) is 0.00134. The Morgan fingerprint density at radius 2 is 2.50 bits per heavy atom. The lowest BCUT2D eigenvalue weighted by Crippen LogP contribution is -2.52. The number of methoxy groups -OCH3 is 1. The number of hydrogen-bond acceptors (Lipinski definition) is 4. The molecule has 1 heterocycles. The third kappa shape index (κ3) is 2.94. The van der Waals surface area contributed by atoms with E-state index in [4.69, 9.17) is 15.2 Å². The van der Waals surface area contributed by atoms with E-state index >= 15 is 0 Å². The van der Waals surface area contributed by atoms with E-state index in [-0.39, 0.29) is 24.7 Å². The van der Waals surface area contributed by atoms with Crippen LogP contribution in [0.2, 0.25) is 0 Å². The Morgan fingerprint density at radius 3 is 3.07 bits per heavy atom. The number of rotatable bonds is 3. The van der Waals surface area contributed by atoms with Crippen molar-refractivity contribution in [2.45, 2.75) is 19.1 Å². The van der Waals surface area contributed by atoms with Crippen LogP contribution in [0.5, 0.6) is 0 Å². The Hall–Kier alpha value is -0.650. The Morgan fingerprint density at radius 1 is 1.79 bits per heavy atom. The SMILES string of the molecule is COCC(=O)N1CCOC(C(C)N)C1. The number of amides is 1. The van der Waals surface area contributed by atoms with Crippen LogP contribution in [0.1, 0.15) is 6.92 Å². The second-order valence-electron chi connectivity index (χ2n) is 3.54. The summed E-state index contributed by atoms with van der Waals surface area (Å²) in [5, 5.41) is 0. The molecule has 0 bridgehead atoms. The Kier molecular flexibility index (Phi) is 4.31. The third-order valence-corrected chi connectivity index (χ3v) is 2.30. The van der Waals surface area contributed by atoms with Crippen LogP contribution in [0.3, 0.4) is 0 Å². The largest absolute Gasteiger partial charge is 0.375 e. The first-order chi connectivity index (χ1) is 6.65. The molecule has 1 saturated heterocycles. The highest BCUT2D eigenvalue weighted by Gasteiger charge is 2.26. The van der Waals surface area contributed by atoms with Gasteiger partial charge in [0.05, 0.1) is 12.7 Å². The smallest absolute Gasteiger partial charge is 0.248 e. The van der Waals surface area contributed by atoms with Gasteiger partial charge in [-0.25, -0.2) is 0 Å². The van der Waals surface area contributed by atoms with E-state index in [1.165, 1.54) is 7.11 Å². The minimum Gasteiger partial charge on any atom is -0.375 e. The topological polar surface area (TPSA) is 64.8 Å². The second kappa shape index (κ2) is 5.29. The summed E-state index contributed by atoms with van der Waals surface area (Å²) < 4.78 is 10.2. The molecule has 1 rings (SSSR count). The summed E-state index contributed by atoms with van der Waals surface area (Å²) >= 11 is 0. The first-order valence-corrected chi connectivity index (χ1v) is 4.79. The number of nitrogens with zero attached hydrogens (tertiary/aromatic N) is 1. The van der Waals surface area contributed by atoms with Crippen molar-refractivity contribution >= 4 is 5.91 Å². The van der Waals surface area contributed by atoms with Crippen LogP contribution in [0.4, 0.5) is 0 Å². The average Bonchev–Trinajstić information content (AvgIpc) is 2.18. The highest BCUT2D eigenvalue weighted by Crippen LogP contribution is 2.07. The second-order valence-corrected chi connectivity index (χ2v) is 3.54. The van der Waals surface area contributed by atoms with E-state index < -0.39 is 0 Å². The molecule has 82 valence electrons. The zero-order valence-corrected chi connectivity index (χ0v) is 8.73. The zero-order valence-electron chi connectivity index (χ0n) is 8.73. The first-order valence-electron chi connectivity index (χ1n) is 4.79. The van der Waals surface area contributed by atoms with Gasteiger partial charge in [0.25, 0.3) is 0 Å². The minimum absolute atomic E-state index is 0.00134. The maximum Gasteiger partial charge on any atom is 0.248 e. The molecule has 0 aromatic carbocycles. The standard InChI is InChI=1S/C9H18N2O3/c1-7(10)8-5-11(3-4-14-8)9(12)6-13-2/h7-8H,3-6,10H2,1-2H3. The fourth-order valence-electron chi connectivity index (χ4n) is 1.43. The number of carbonyl (C=O) groups excluding carboxylic acids is 1. The number of nitrogens with two attached hydrogens (primary N) is 1. The molecule has 2 atom stereocenters. The predicted octanol–water partition coefficient (Wildman–Crippen LogP) is -0.793. The number of morpholine rings is 1. The fourth-order valence-corrected chi connectivity index (χ4v) is 1.43. The fraction of sp³-hybridized carbons (Fsp3) is 0.889. The van der Waals surface area contributed by atoms with Gasteiger partial charge in [0.15, 0.2) is 0 Å². The number of ether oxygens (including phenoxy) is 2. The summed E-state index contributed by atoms with van der Waals surface area (Å²) in [6, 6.07) is -0.0480. The minimum atomic E-state index is -0.0513. The molecule has 1 aliphatic rings. The molecule has 0 aromatic rings. The summed E-state index contributed by atoms with van der Waals surface area (Å²) in [4.78, 5) is 13.2. The van der Waals surface area contributed by atoms with E-state index in [1.807, 2.05) is 6.92 Å². The van der Waals surface area contributed by atoms with Gasteiger partial charge < -0.3 is 20.1 Å². The first kappa shape index (κ1) is 11.4. The van der Waals surface area contributed by atoms with E-state index in [0.717, 1.165) is 0 Å². The summed E-state index contributed by atoms with van der Waals surface area (Å²) in [6.07, 6.45) is -0.0513. The van der Waals surface area contributed by atoms with Crippen molar-refractivity contribution in [2.75, 3.05) is 33.4 Å². The number of hydrogen-bond donors (Lipinski definition) is 1. The van der Waals surface area contributed by atoms with Crippen LogP contribution in [0.25, 0.3) is 0 Å². The van der Waals surface area contributed by atoms with E-state index in [2.05, 4.69) is 0 Å². The van der Waals surface area contributed by atoms with Gasteiger partial charge in [-0.1, -0.05) is 0 Å². The van der Waals surface area contributed by atoms with Gasteiger partial charge in [-0.15, -0.1) is 0 Å². The molecule has 0 saturated carbocycles. The van der Waals surface area contributed by atoms with Gasteiger partial charge >= 0.3 is 0 Å². The molecule has 1 fully saturated rings. The Bertz CT molecular complexity index is 196. The highest BCUT2D eigenvalue weighted by atomic mass is 16.5. The van der Waals surface area contributed by atoms with Crippen molar-refractivity contribution in [1.82, 2.24) is 4.90 Å². The maximum absolute atomic E-state index is 11.5. The summed E-state index contributed by atoms with van der Waals surface area (Å²) in [6.45, 7) is 3.77. The summed E-state index contributed by atoms with van der Waals surface area (Å²) in [5.41, 5.74) is 5.71. The molecular formula is C9H18N2O3. The van der Waals surface area contributed by atoms with Crippen molar-refractivity contribution < 1.29 is 14.3 Å². The van der Waals surface area contributed by atoms with Crippen LogP contribution in [0, 0.1) is 0 Å². The van der Waals surface area contributed by atoms with Crippen LogP contribution in [-0.2, 0) is 14.3 Å². The lowest BCUT2D eigenvalue weighted by atomic mass is 10.1. The van der Waals surface area contributed by atoms with Crippen LogP contribution >= 0.6 is 0 Å². The third-order valence-electron chi connectivity index (χ3n) is 2.30. The van der Waals surface area contributed by atoms with E-state index in [1.54, 1.807) is 4.90 Å². The molecule has 14 heavy (non-hydrogen) atoms. The van der Waals surface area contributed by atoms with Crippen LogP contribution < -0.4 is 5.73 Å². The maximum atomic E-state index is 11.5. The lowest BCUT2D eigenvalue weighted by molar-refractivity contribution is -0.143. The monoisotopic (exact) mass is 202 g/mol. The van der Waals surface area contributed by atoms with Gasteiger partial charge in [0.1, 0.15) is 6.61 Å². The van der Waals surface area contributed by atoms with Crippen molar-refractivity contribution in [3.05, 3.63) is 0 Å². The quantitative estimate of drug-likeness (QED) is 0.651.